The molecule has 1 aromatic carbocycles. The van der Waals surface area contributed by atoms with Gasteiger partial charge in [0.15, 0.2) is 0 Å². The number of allylic oxidation sites excluding steroid dienone is 2. The van der Waals surface area contributed by atoms with Gasteiger partial charge >= 0.3 is 0 Å². The molecule has 32 heavy (non-hydrogen) atoms. The highest BCUT2D eigenvalue weighted by molar-refractivity contribution is 8.28. The molecule has 5 atom stereocenters. The molecule has 5 heteroatoms. The molecule has 0 fully saturated rings. The monoisotopic (exact) mass is 490 g/mol. The van der Waals surface area contributed by atoms with E-state index in [-0.39, 0.29) is 12.2 Å². The minimum Gasteiger partial charge on any atom is -0.366 e. The molecule has 0 amide bonds. The highest BCUT2D eigenvalue weighted by Crippen LogP contribution is 2.49. The van der Waals surface area contributed by atoms with Crippen LogP contribution in [0, 0.1) is 12.8 Å². The number of ether oxygens (including phenoxy) is 1. The average molecular weight is 491 g/mol. The Morgan fingerprint density at radius 2 is 1.84 bits per heavy atom. The Hall–Kier alpha value is -0.850. The fourth-order valence-electron chi connectivity index (χ4n) is 4.08. The molecule has 1 aromatic rings. The third-order valence-corrected chi connectivity index (χ3v) is 10.4. The summed E-state index contributed by atoms with van der Waals surface area (Å²) in [5.41, 5.74) is 2.52. The van der Waals surface area contributed by atoms with E-state index in [0.717, 1.165) is 29.9 Å². The summed E-state index contributed by atoms with van der Waals surface area (Å²) in [6.45, 7) is 4.36. The Bertz CT molecular complexity index is 867. The van der Waals surface area contributed by atoms with E-state index in [4.69, 9.17) is 4.74 Å². The molecule has 1 N–H and O–H groups in total. The number of benzene rings is 1. The van der Waals surface area contributed by atoms with Crippen LogP contribution in [0.2, 0.25) is 0 Å². The fourth-order valence-corrected chi connectivity index (χ4v) is 6.87. The molecule has 3 rings (SSSR count). The van der Waals surface area contributed by atoms with Crippen molar-refractivity contribution < 1.29 is 9.29 Å². The zero-order valence-corrected chi connectivity index (χ0v) is 22.4. The molecular formula is C27H38O2S3. The number of hydrogen-bond donors (Lipinski definition) is 1. The zero-order valence-electron chi connectivity index (χ0n) is 20.0. The third kappa shape index (κ3) is 7.07. The lowest BCUT2D eigenvalue weighted by molar-refractivity contribution is 0.00688. The van der Waals surface area contributed by atoms with Gasteiger partial charge in [-0.2, -0.15) is 11.8 Å². The molecule has 0 aromatic heterocycles. The maximum absolute atomic E-state index is 11.3. The van der Waals surface area contributed by atoms with Gasteiger partial charge in [0.1, 0.15) is 0 Å². The first-order chi connectivity index (χ1) is 15.3. The Kier molecular flexibility index (Phi) is 9.69. The number of aryl methyl sites for hydroxylation is 1. The smallest absolute Gasteiger partial charge is 0.0855 e. The summed E-state index contributed by atoms with van der Waals surface area (Å²) in [7, 11) is -1.82. The predicted octanol–water partition coefficient (Wildman–Crippen LogP) is 7.87. The molecule has 0 saturated heterocycles. The van der Waals surface area contributed by atoms with Crippen LogP contribution in [0.4, 0.5) is 0 Å². The van der Waals surface area contributed by atoms with E-state index >= 15 is 0 Å². The topological polar surface area (TPSA) is 29.5 Å². The maximum atomic E-state index is 11.3. The molecule has 0 saturated carbocycles. The molecule has 2 nitrogen and oxygen atoms in total. The van der Waals surface area contributed by atoms with E-state index in [1.807, 2.05) is 18.0 Å². The van der Waals surface area contributed by atoms with Gasteiger partial charge in [-0.05, 0) is 68.6 Å². The molecule has 0 bridgehead atoms. The summed E-state index contributed by atoms with van der Waals surface area (Å²) in [4.78, 5) is 2.38. The van der Waals surface area contributed by atoms with Gasteiger partial charge in [-0.25, -0.2) is 0 Å². The molecule has 0 aliphatic heterocycles. The second-order valence-corrected chi connectivity index (χ2v) is 13.8. The van der Waals surface area contributed by atoms with Crippen molar-refractivity contribution in [2.75, 3.05) is 24.5 Å². The highest BCUT2D eigenvalue weighted by Gasteiger charge is 2.28. The van der Waals surface area contributed by atoms with Crippen LogP contribution in [0.5, 0.6) is 0 Å². The lowest BCUT2D eigenvalue weighted by atomic mass is 9.91. The molecule has 0 spiro atoms. The van der Waals surface area contributed by atoms with Crippen molar-refractivity contribution in [1.82, 2.24) is 0 Å². The summed E-state index contributed by atoms with van der Waals surface area (Å²) < 4.78 is 18.0. The first-order valence-corrected chi connectivity index (χ1v) is 16.0. The second kappa shape index (κ2) is 12.0. The van der Waals surface area contributed by atoms with Crippen LogP contribution in [0.25, 0.3) is 0 Å². The van der Waals surface area contributed by atoms with Crippen molar-refractivity contribution in [1.29, 1.82) is 0 Å². The SMILES string of the molecule is CSC1=CCC(OC(C2=CCC(SC)C=C2)C(C)CCS(C)(O)c2ccc(C)cc2)C=C1. The normalized spacial score (nSPS) is 25.4. The summed E-state index contributed by atoms with van der Waals surface area (Å²) in [5, 5.41) is 0.558. The quantitative estimate of drug-likeness (QED) is 0.361. The van der Waals surface area contributed by atoms with Crippen molar-refractivity contribution in [3.8, 4) is 0 Å². The molecule has 5 unspecified atom stereocenters. The van der Waals surface area contributed by atoms with E-state index in [1.54, 1.807) is 11.8 Å². The van der Waals surface area contributed by atoms with E-state index in [0.29, 0.717) is 11.2 Å². The van der Waals surface area contributed by atoms with Crippen LogP contribution in [-0.2, 0) is 4.74 Å². The van der Waals surface area contributed by atoms with Gasteiger partial charge in [-0.1, -0.05) is 61.1 Å². The predicted molar refractivity (Wildman–Crippen MR) is 147 cm³/mol. The Morgan fingerprint density at radius 1 is 1.09 bits per heavy atom. The number of hydrogen-bond acceptors (Lipinski definition) is 4. The molecule has 0 heterocycles. The van der Waals surface area contributed by atoms with Gasteiger partial charge in [0, 0.05) is 20.8 Å². The standard InChI is InChI=1S/C27H38O2S3/c1-20-6-16-26(17-7-20)32(5,28)19-18-21(2)27(22-8-12-24(30-3)13-9-22)29-23-10-14-25(31-4)15-11-23/h6-10,12,14-17,21,23-24,27-28H,11,13,18-19H2,1-5H3. The Balaban J connectivity index is 1.70. The summed E-state index contributed by atoms with van der Waals surface area (Å²) >= 11 is 3.68. The Labute approximate surface area is 205 Å². The highest BCUT2D eigenvalue weighted by atomic mass is 32.3. The van der Waals surface area contributed by atoms with Crippen LogP contribution in [0.15, 0.2) is 76.1 Å². The van der Waals surface area contributed by atoms with Gasteiger partial charge in [0.05, 0.1) is 12.2 Å². The van der Waals surface area contributed by atoms with Crippen molar-refractivity contribution >= 4 is 33.8 Å². The summed E-state index contributed by atoms with van der Waals surface area (Å²) in [6, 6.07) is 8.36. The molecule has 0 radical (unpaired) electrons. The van der Waals surface area contributed by atoms with Crippen LogP contribution >= 0.6 is 33.8 Å². The zero-order chi connectivity index (χ0) is 23.1. The van der Waals surface area contributed by atoms with Crippen molar-refractivity contribution in [3.05, 3.63) is 76.8 Å². The van der Waals surface area contributed by atoms with Crippen LogP contribution in [-0.4, -0.2) is 46.5 Å². The van der Waals surface area contributed by atoms with Crippen molar-refractivity contribution in [3.63, 3.8) is 0 Å². The number of thioether (sulfide) groups is 2. The fraction of sp³-hybridized carbons (Fsp3) is 0.481. The summed E-state index contributed by atoms with van der Waals surface area (Å²) in [6.07, 6.45) is 23.0. The molecule has 2 aliphatic carbocycles. The van der Waals surface area contributed by atoms with E-state index < -0.39 is 10.3 Å². The van der Waals surface area contributed by atoms with Gasteiger partial charge in [0.25, 0.3) is 0 Å². The first kappa shape index (κ1) is 25.8. The van der Waals surface area contributed by atoms with E-state index in [2.05, 4.69) is 87.1 Å². The Morgan fingerprint density at radius 3 is 2.41 bits per heavy atom. The second-order valence-electron chi connectivity index (χ2n) is 8.90. The van der Waals surface area contributed by atoms with Crippen molar-refractivity contribution in [2.24, 2.45) is 5.92 Å². The maximum Gasteiger partial charge on any atom is 0.0855 e. The van der Waals surface area contributed by atoms with Crippen molar-refractivity contribution in [2.45, 2.75) is 55.5 Å². The van der Waals surface area contributed by atoms with Crippen LogP contribution in [0.3, 0.4) is 0 Å². The lowest BCUT2D eigenvalue weighted by Crippen LogP contribution is -2.30. The van der Waals surface area contributed by atoms with Crippen LogP contribution in [0.1, 0.15) is 31.7 Å². The van der Waals surface area contributed by atoms with E-state index in [1.165, 1.54) is 16.0 Å². The molecular weight excluding hydrogens is 452 g/mol. The lowest BCUT2D eigenvalue weighted by Gasteiger charge is -2.35. The minimum atomic E-state index is -1.82. The minimum absolute atomic E-state index is 0.0427. The van der Waals surface area contributed by atoms with Crippen LogP contribution < -0.4 is 0 Å². The summed E-state index contributed by atoms with van der Waals surface area (Å²) in [5.74, 6) is 1.11. The molecule has 176 valence electrons. The average Bonchev–Trinajstić information content (AvgIpc) is 2.82. The van der Waals surface area contributed by atoms with E-state index in [9.17, 15) is 4.55 Å². The number of rotatable bonds is 10. The van der Waals surface area contributed by atoms with Gasteiger partial charge in [-0.15, -0.1) is 22.1 Å². The van der Waals surface area contributed by atoms with Gasteiger partial charge in [-0.3, -0.25) is 0 Å². The third-order valence-electron chi connectivity index (χ3n) is 6.32. The van der Waals surface area contributed by atoms with Gasteiger partial charge in [0.2, 0.25) is 0 Å². The van der Waals surface area contributed by atoms with Gasteiger partial charge < -0.3 is 9.29 Å². The molecule has 2 aliphatic rings. The first-order valence-electron chi connectivity index (χ1n) is 11.4. The largest absolute Gasteiger partial charge is 0.366 e.